The molecule has 1 aromatic heterocycles. The summed E-state index contributed by atoms with van der Waals surface area (Å²) in [7, 11) is 2.09. The average molecular weight is 265 g/mol. The van der Waals surface area contributed by atoms with Crippen LogP contribution in [0.25, 0.3) is 10.9 Å². The SMILES string of the molecule is Cn1cc(CNCc2cccc(N)c2)c2ccccc21. The molecule has 0 aliphatic rings. The van der Waals surface area contributed by atoms with Crippen LogP contribution in [0.1, 0.15) is 11.1 Å². The quantitative estimate of drug-likeness (QED) is 0.712. The zero-order valence-electron chi connectivity index (χ0n) is 11.6. The van der Waals surface area contributed by atoms with E-state index in [1.165, 1.54) is 22.0 Å². The fourth-order valence-corrected chi connectivity index (χ4v) is 2.61. The lowest BCUT2D eigenvalue weighted by atomic mass is 10.1. The normalized spacial score (nSPS) is 11.1. The maximum atomic E-state index is 5.79. The van der Waals surface area contributed by atoms with Crippen LogP contribution in [0.5, 0.6) is 0 Å². The second kappa shape index (κ2) is 5.39. The van der Waals surface area contributed by atoms with Crippen LogP contribution in [-0.4, -0.2) is 4.57 Å². The second-order valence-corrected chi connectivity index (χ2v) is 5.13. The van der Waals surface area contributed by atoms with Crippen molar-refractivity contribution in [3.8, 4) is 0 Å². The van der Waals surface area contributed by atoms with Gasteiger partial charge in [0.1, 0.15) is 0 Å². The van der Waals surface area contributed by atoms with Gasteiger partial charge in [-0.05, 0) is 29.3 Å². The van der Waals surface area contributed by atoms with Gasteiger partial charge in [-0.1, -0.05) is 30.3 Å². The van der Waals surface area contributed by atoms with E-state index in [2.05, 4.69) is 53.5 Å². The summed E-state index contributed by atoms with van der Waals surface area (Å²) in [6, 6.07) is 16.5. The van der Waals surface area contributed by atoms with Gasteiger partial charge in [0.25, 0.3) is 0 Å². The van der Waals surface area contributed by atoms with Crippen molar-refractivity contribution < 1.29 is 0 Å². The first-order valence-corrected chi connectivity index (χ1v) is 6.82. The highest BCUT2D eigenvalue weighted by atomic mass is 14.9. The summed E-state index contributed by atoms with van der Waals surface area (Å²) >= 11 is 0. The number of nitrogens with two attached hydrogens (primary N) is 1. The molecule has 3 rings (SSSR count). The van der Waals surface area contributed by atoms with Crippen molar-refractivity contribution in [3.05, 3.63) is 65.9 Å². The molecule has 0 amide bonds. The Balaban J connectivity index is 1.71. The molecule has 0 aliphatic heterocycles. The van der Waals surface area contributed by atoms with Crippen molar-refractivity contribution in [2.45, 2.75) is 13.1 Å². The summed E-state index contributed by atoms with van der Waals surface area (Å²) in [4.78, 5) is 0. The number of benzene rings is 2. The predicted octanol–water partition coefficient (Wildman–Crippen LogP) is 3.05. The molecule has 0 spiro atoms. The molecule has 0 radical (unpaired) electrons. The molecule has 0 saturated carbocycles. The van der Waals surface area contributed by atoms with Crippen LogP contribution in [0.2, 0.25) is 0 Å². The van der Waals surface area contributed by atoms with Crippen LogP contribution >= 0.6 is 0 Å². The Morgan fingerprint density at radius 2 is 1.90 bits per heavy atom. The first-order valence-electron chi connectivity index (χ1n) is 6.82. The third kappa shape index (κ3) is 2.53. The van der Waals surface area contributed by atoms with E-state index in [0.29, 0.717) is 0 Å². The molecule has 0 bridgehead atoms. The fourth-order valence-electron chi connectivity index (χ4n) is 2.61. The smallest absolute Gasteiger partial charge is 0.0481 e. The van der Waals surface area contributed by atoms with Crippen LogP contribution in [-0.2, 0) is 20.1 Å². The molecule has 0 atom stereocenters. The van der Waals surface area contributed by atoms with Gasteiger partial charge >= 0.3 is 0 Å². The van der Waals surface area contributed by atoms with Gasteiger partial charge in [0.05, 0.1) is 0 Å². The molecule has 0 fully saturated rings. The summed E-state index contributed by atoms with van der Waals surface area (Å²) in [5.74, 6) is 0. The Morgan fingerprint density at radius 1 is 1.05 bits per heavy atom. The molecule has 3 aromatic rings. The van der Waals surface area contributed by atoms with Crippen molar-refractivity contribution in [3.63, 3.8) is 0 Å². The fraction of sp³-hybridized carbons (Fsp3) is 0.176. The van der Waals surface area contributed by atoms with Crippen LogP contribution in [0.3, 0.4) is 0 Å². The van der Waals surface area contributed by atoms with E-state index in [4.69, 9.17) is 5.73 Å². The van der Waals surface area contributed by atoms with E-state index in [0.717, 1.165) is 18.8 Å². The second-order valence-electron chi connectivity index (χ2n) is 5.13. The lowest BCUT2D eigenvalue weighted by molar-refractivity contribution is 0.694. The van der Waals surface area contributed by atoms with Crippen LogP contribution in [0.4, 0.5) is 5.69 Å². The first-order chi connectivity index (χ1) is 9.74. The Hall–Kier alpha value is -2.26. The number of aromatic nitrogens is 1. The molecule has 3 nitrogen and oxygen atoms in total. The maximum absolute atomic E-state index is 5.79. The molecule has 1 heterocycles. The Kier molecular flexibility index (Phi) is 3.44. The first kappa shape index (κ1) is 12.8. The number of para-hydroxylation sites is 1. The molecule has 0 aliphatic carbocycles. The molecule has 2 aromatic carbocycles. The van der Waals surface area contributed by atoms with E-state index in [1.54, 1.807) is 0 Å². The van der Waals surface area contributed by atoms with Crippen molar-refractivity contribution in [1.29, 1.82) is 0 Å². The van der Waals surface area contributed by atoms with E-state index in [1.807, 2.05) is 18.2 Å². The van der Waals surface area contributed by atoms with Gasteiger partial charge < -0.3 is 15.6 Å². The summed E-state index contributed by atoms with van der Waals surface area (Å²) in [5.41, 5.74) is 10.4. The van der Waals surface area contributed by atoms with Crippen LogP contribution < -0.4 is 11.1 Å². The van der Waals surface area contributed by atoms with E-state index in [-0.39, 0.29) is 0 Å². The summed E-state index contributed by atoms with van der Waals surface area (Å²) < 4.78 is 2.17. The maximum Gasteiger partial charge on any atom is 0.0481 e. The summed E-state index contributed by atoms with van der Waals surface area (Å²) in [5, 5.41) is 4.80. The van der Waals surface area contributed by atoms with Crippen molar-refractivity contribution >= 4 is 16.6 Å². The molecular formula is C17H19N3. The van der Waals surface area contributed by atoms with Crippen LogP contribution in [0.15, 0.2) is 54.7 Å². The van der Waals surface area contributed by atoms with Gasteiger partial charge in [-0.25, -0.2) is 0 Å². The number of nitrogens with one attached hydrogen (secondary N) is 1. The van der Waals surface area contributed by atoms with Crippen molar-refractivity contribution in [2.75, 3.05) is 5.73 Å². The van der Waals surface area contributed by atoms with Gasteiger partial charge in [0.2, 0.25) is 0 Å². The molecule has 20 heavy (non-hydrogen) atoms. The third-order valence-electron chi connectivity index (χ3n) is 3.58. The van der Waals surface area contributed by atoms with Crippen LogP contribution in [0, 0.1) is 0 Å². The number of hydrogen-bond acceptors (Lipinski definition) is 2. The molecule has 3 N–H and O–H groups in total. The minimum atomic E-state index is 0.814. The largest absolute Gasteiger partial charge is 0.399 e. The van der Waals surface area contributed by atoms with E-state index in [9.17, 15) is 0 Å². The number of nitrogens with zero attached hydrogens (tertiary/aromatic N) is 1. The zero-order chi connectivity index (χ0) is 13.9. The van der Waals surface area contributed by atoms with Gasteiger partial charge in [0, 0.05) is 42.9 Å². The molecular weight excluding hydrogens is 246 g/mol. The summed E-state index contributed by atoms with van der Waals surface area (Å²) in [6.07, 6.45) is 2.19. The minimum absolute atomic E-state index is 0.814. The predicted molar refractivity (Wildman–Crippen MR) is 84.3 cm³/mol. The number of fused-ring (bicyclic) bond motifs is 1. The lowest BCUT2D eigenvalue weighted by Crippen LogP contribution is -2.12. The molecule has 102 valence electrons. The van der Waals surface area contributed by atoms with Crippen molar-refractivity contribution in [2.24, 2.45) is 7.05 Å². The van der Waals surface area contributed by atoms with Gasteiger partial charge in [-0.2, -0.15) is 0 Å². The Bertz CT molecular complexity index is 728. The number of rotatable bonds is 4. The van der Waals surface area contributed by atoms with E-state index < -0.39 is 0 Å². The average Bonchev–Trinajstić information content (AvgIpc) is 2.77. The Labute approximate surface area is 119 Å². The van der Waals surface area contributed by atoms with Crippen molar-refractivity contribution in [1.82, 2.24) is 9.88 Å². The highest BCUT2D eigenvalue weighted by Crippen LogP contribution is 2.20. The molecule has 0 saturated heterocycles. The number of nitrogen functional groups attached to an aromatic ring is 1. The van der Waals surface area contributed by atoms with Gasteiger partial charge in [-0.15, -0.1) is 0 Å². The van der Waals surface area contributed by atoms with Gasteiger partial charge in [-0.3, -0.25) is 0 Å². The highest BCUT2D eigenvalue weighted by molar-refractivity contribution is 5.83. The van der Waals surface area contributed by atoms with Gasteiger partial charge in [0.15, 0.2) is 0 Å². The highest BCUT2D eigenvalue weighted by Gasteiger charge is 2.05. The zero-order valence-corrected chi connectivity index (χ0v) is 11.6. The lowest BCUT2D eigenvalue weighted by Gasteiger charge is -2.05. The number of hydrogen-bond donors (Lipinski definition) is 2. The number of aryl methyl sites for hydroxylation is 1. The third-order valence-corrected chi connectivity index (χ3v) is 3.58. The Morgan fingerprint density at radius 3 is 2.75 bits per heavy atom. The monoisotopic (exact) mass is 265 g/mol. The topological polar surface area (TPSA) is 43.0 Å². The molecule has 0 unspecified atom stereocenters. The summed E-state index contributed by atoms with van der Waals surface area (Å²) in [6.45, 7) is 1.68. The molecule has 3 heteroatoms. The van der Waals surface area contributed by atoms with E-state index >= 15 is 0 Å². The number of anilines is 1. The minimum Gasteiger partial charge on any atom is -0.399 e. The standard InChI is InChI=1S/C17H19N3/c1-20-12-14(16-7-2-3-8-17(16)20)11-19-10-13-5-4-6-15(18)9-13/h2-9,12,19H,10-11,18H2,1H3.